The molecule has 21 heavy (non-hydrogen) atoms. The lowest BCUT2D eigenvalue weighted by Crippen LogP contribution is -2.38. The average molecular weight is 347 g/mol. The Kier molecular flexibility index (Phi) is 4.83. The Balaban J connectivity index is 1.47. The van der Waals surface area contributed by atoms with Crippen molar-refractivity contribution in [1.29, 1.82) is 0 Å². The highest BCUT2D eigenvalue weighted by Gasteiger charge is 2.19. The highest BCUT2D eigenvalue weighted by Crippen LogP contribution is 2.17. The van der Waals surface area contributed by atoms with Crippen LogP contribution in [-0.4, -0.2) is 34.0 Å². The third-order valence-corrected chi connectivity index (χ3v) is 4.33. The van der Waals surface area contributed by atoms with E-state index in [4.69, 9.17) is 0 Å². The molecule has 1 fully saturated rings. The van der Waals surface area contributed by atoms with E-state index < -0.39 is 0 Å². The summed E-state index contributed by atoms with van der Waals surface area (Å²) in [6, 6.07) is 10.9. The summed E-state index contributed by atoms with van der Waals surface area (Å²) < 4.78 is 1.14. The fourth-order valence-electron chi connectivity index (χ4n) is 2.64. The number of nitrogens with zero attached hydrogens (tertiary/aromatic N) is 3. The summed E-state index contributed by atoms with van der Waals surface area (Å²) in [6.45, 7) is 3.25. The maximum atomic E-state index is 4.23. The molecule has 0 radical (unpaired) electrons. The van der Waals surface area contributed by atoms with Crippen molar-refractivity contribution in [3.8, 4) is 0 Å². The molecule has 3 rings (SSSR count). The molecule has 0 bridgehead atoms. The Morgan fingerprint density at radius 3 is 2.43 bits per heavy atom. The van der Waals surface area contributed by atoms with Crippen LogP contribution in [0.3, 0.4) is 0 Å². The molecule has 1 aromatic heterocycles. The van der Waals surface area contributed by atoms with Crippen LogP contribution in [0, 0.1) is 0 Å². The molecular weight excluding hydrogens is 328 g/mol. The molecule has 110 valence electrons. The molecule has 0 unspecified atom stereocenters. The Labute approximate surface area is 133 Å². The minimum absolute atomic E-state index is 0.480. The van der Waals surface area contributed by atoms with Crippen LogP contribution in [0.2, 0.25) is 0 Å². The van der Waals surface area contributed by atoms with Crippen molar-refractivity contribution in [1.82, 2.24) is 14.9 Å². The quantitative estimate of drug-likeness (QED) is 0.921. The normalized spacial score (nSPS) is 16.8. The monoisotopic (exact) mass is 346 g/mol. The second-order valence-corrected chi connectivity index (χ2v) is 6.31. The van der Waals surface area contributed by atoms with Crippen molar-refractivity contribution in [2.75, 3.05) is 18.4 Å². The minimum atomic E-state index is 0.480. The summed E-state index contributed by atoms with van der Waals surface area (Å²) >= 11 is 3.48. The van der Waals surface area contributed by atoms with E-state index in [2.05, 4.69) is 60.4 Å². The summed E-state index contributed by atoms with van der Waals surface area (Å²) in [5.74, 6) is 0.740. The molecule has 0 atom stereocenters. The lowest BCUT2D eigenvalue weighted by molar-refractivity contribution is 0.211. The zero-order chi connectivity index (χ0) is 14.5. The van der Waals surface area contributed by atoms with Crippen molar-refractivity contribution < 1.29 is 0 Å². The van der Waals surface area contributed by atoms with Crippen molar-refractivity contribution >= 4 is 21.9 Å². The summed E-state index contributed by atoms with van der Waals surface area (Å²) in [5.41, 5.74) is 1.37. The third kappa shape index (κ3) is 4.25. The summed E-state index contributed by atoms with van der Waals surface area (Å²) in [7, 11) is 0. The smallest absolute Gasteiger partial charge is 0.222 e. The summed E-state index contributed by atoms with van der Waals surface area (Å²) in [4.78, 5) is 11.0. The molecule has 0 aliphatic carbocycles. The van der Waals surface area contributed by atoms with E-state index in [1.54, 1.807) is 12.4 Å². The number of aromatic nitrogens is 2. The van der Waals surface area contributed by atoms with E-state index in [-0.39, 0.29) is 0 Å². The van der Waals surface area contributed by atoms with Gasteiger partial charge >= 0.3 is 0 Å². The molecule has 1 aliphatic heterocycles. The van der Waals surface area contributed by atoms with E-state index >= 15 is 0 Å². The molecular formula is C16H19BrN4. The van der Waals surface area contributed by atoms with Gasteiger partial charge < -0.3 is 5.32 Å². The molecule has 1 saturated heterocycles. The standard InChI is InChI=1S/C16H19BrN4/c17-14-4-2-13(3-5-14)12-21-10-6-15(7-11-21)20-16-18-8-1-9-19-16/h1-5,8-9,15H,6-7,10-12H2,(H,18,19,20). The molecule has 0 saturated carbocycles. The van der Waals surface area contributed by atoms with Gasteiger partial charge in [0.15, 0.2) is 0 Å². The maximum Gasteiger partial charge on any atom is 0.222 e. The first kappa shape index (κ1) is 14.5. The van der Waals surface area contributed by atoms with Crippen molar-refractivity contribution in [3.63, 3.8) is 0 Å². The fraction of sp³-hybridized carbons (Fsp3) is 0.375. The molecule has 1 aromatic carbocycles. The zero-order valence-corrected chi connectivity index (χ0v) is 13.5. The number of rotatable bonds is 4. The van der Waals surface area contributed by atoms with Gasteiger partial charge in [0.2, 0.25) is 5.95 Å². The molecule has 4 nitrogen and oxygen atoms in total. The predicted molar refractivity (Wildman–Crippen MR) is 88.1 cm³/mol. The largest absolute Gasteiger partial charge is 0.351 e. The number of benzene rings is 1. The summed E-state index contributed by atoms with van der Waals surface area (Å²) in [5, 5.41) is 3.42. The van der Waals surface area contributed by atoms with Gasteiger partial charge in [0.05, 0.1) is 0 Å². The van der Waals surface area contributed by atoms with Crippen molar-refractivity contribution in [3.05, 3.63) is 52.8 Å². The predicted octanol–water partition coefficient (Wildman–Crippen LogP) is 3.32. The van der Waals surface area contributed by atoms with Gasteiger partial charge in [-0.3, -0.25) is 4.90 Å². The number of likely N-dealkylation sites (tertiary alicyclic amines) is 1. The van der Waals surface area contributed by atoms with Gasteiger partial charge in [-0.15, -0.1) is 0 Å². The van der Waals surface area contributed by atoms with E-state index in [9.17, 15) is 0 Å². The highest BCUT2D eigenvalue weighted by molar-refractivity contribution is 9.10. The number of halogens is 1. The SMILES string of the molecule is Brc1ccc(CN2CCC(Nc3ncccn3)CC2)cc1. The first-order valence-corrected chi connectivity index (χ1v) is 8.09. The van der Waals surface area contributed by atoms with Gasteiger partial charge in [-0.25, -0.2) is 9.97 Å². The number of piperidine rings is 1. The minimum Gasteiger partial charge on any atom is -0.351 e. The van der Waals surface area contributed by atoms with Crippen molar-refractivity contribution in [2.45, 2.75) is 25.4 Å². The molecule has 2 aromatic rings. The molecule has 5 heteroatoms. The van der Waals surface area contributed by atoms with Gasteiger partial charge in [0.1, 0.15) is 0 Å². The van der Waals surface area contributed by atoms with Crippen LogP contribution in [-0.2, 0) is 6.54 Å². The first-order chi connectivity index (χ1) is 10.3. The van der Waals surface area contributed by atoms with Crippen LogP contribution in [0.5, 0.6) is 0 Å². The Bertz CT molecular complexity index is 550. The number of nitrogens with one attached hydrogen (secondary N) is 1. The van der Waals surface area contributed by atoms with Crippen molar-refractivity contribution in [2.24, 2.45) is 0 Å². The van der Waals surface area contributed by atoms with Gasteiger partial charge in [-0.2, -0.15) is 0 Å². The molecule has 0 amide bonds. The molecule has 2 heterocycles. The Morgan fingerprint density at radius 1 is 1.10 bits per heavy atom. The van der Waals surface area contributed by atoms with Crippen LogP contribution in [0.25, 0.3) is 0 Å². The van der Waals surface area contributed by atoms with Crippen LogP contribution in [0.15, 0.2) is 47.2 Å². The van der Waals surface area contributed by atoms with Crippen LogP contribution in [0.4, 0.5) is 5.95 Å². The van der Waals surface area contributed by atoms with Crippen LogP contribution < -0.4 is 5.32 Å². The van der Waals surface area contributed by atoms with Crippen LogP contribution >= 0.6 is 15.9 Å². The maximum absolute atomic E-state index is 4.23. The Hall–Kier alpha value is -1.46. The van der Waals surface area contributed by atoms with Gasteiger partial charge in [0.25, 0.3) is 0 Å². The van der Waals surface area contributed by atoms with Crippen LogP contribution in [0.1, 0.15) is 18.4 Å². The lowest BCUT2D eigenvalue weighted by Gasteiger charge is -2.32. The van der Waals surface area contributed by atoms with Gasteiger partial charge in [0, 0.05) is 42.5 Å². The fourth-order valence-corrected chi connectivity index (χ4v) is 2.90. The van der Waals surface area contributed by atoms with E-state index in [0.717, 1.165) is 42.9 Å². The Morgan fingerprint density at radius 2 is 1.76 bits per heavy atom. The molecule has 0 spiro atoms. The lowest BCUT2D eigenvalue weighted by atomic mass is 10.0. The summed E-state index contributed by atoms with van der Waals surface area (Å²) in [6.07, 6.45) is 5.82. The second-order valence-electron chi connectivity index (χ2n) is 5.39. The van der Waals surface area contributed by atoms with E-state index in [1.165, 1.54) is 5.56 Å². The number of hydrogen-bond donors (Lipinski definition) is 1. The number of hydrogen-bond acceptors (Lipinski definition) is 4. The van der Waals surface area contributed by atoms with E-state index in [0.29, 0.717) is 6.04 Å². The van der Waals surface area contributed by atoms with Gasteiger partial charge in [-0.05, 0) is 36.6 Å². The number of anilines is 1. The zero-order valence-electron chi connectivity index (χ0n) is 11.9. The molecule has 1 aliphatic rings. The topological polar surface area (TPSA) is 41.0 Å². The highest BCUT2D eigenvalue weighted by atomic mass is 79.9. The second kappa shape index (κ2) is 7.00. The first-order valence-electron chi connectivity index (χ1n) is 7.30. The third-order valence-electron chi connectivity index (χ3n) is 3.81. The van der Waals surface area contributed by atoms with Gasteiger partial charge in [-0.1, -0.05) is 28.1 Å². The molecule has 1 N–H and O–H groups in total. The van der Waals surface area contributed by atoms with E-state index in [1.807, 2.05) is 6.07 Å². The average Bonchev–Trinajstić information content (AvgIpc) is 2.53.